The molecule has 19 heavy (non-hydrogen) atoms. The smallest absolute Gasteiger partial charge is 0.335 e. The van der Waals surface area contributed by atoms with Gasteiger partial charge in [-0.1, -0.05) is 13.8 Å². The van der Waals surface area contributed by atoms with Crippen molar-refractivity contribution < 1.29 is 24.5 Å². The number of carbonyl (C=O) groups is 1. The third-order valence-electron chi connectivity index (χ3n) is 3.22. The number of hydrogen-bond acceptors (Lipinski definition) is 4. The Morgan fingerprint density at radius 3 is 2.37 bits per heavy atom. The number of hydrogen-bond donors (Lipinski definition) is 2. The number of aromatic carboxylic acids is 1. The molecule has 0 aromatic heterocycles. The summed E-state index contributed by atoms with van der Waals surface area (Å²) >= 11 is 0. The largest absolute Gasteiger partial charge is 0.493 e. The summed E-state index contributed by atoms with van der Waals surface area (Å²) < 4.78 is 10.6. The van der Waals surface area contributed by atoms with E-state index in [2.05, 4.69) is 0 Å². The van der Waals surface area contributed by atoms with Gasteiger partial charge in [0.25, 0.3) is 0 Å². The number of carboxylic acids is 1. The maximum atomic E-state index is 10.9. The highest BCUT2D eigenvalue weighted by molar-refractivity contribution is 5.88. The molecule has 0 amide bonds. The fourth-order valence-electron chi connectivity index (χ4n) is 1.59. The van der Waals surface area contributed by atoms with Gasteiger partial charge in [-0.05, 0) is 31.0 Å². The van der Waals surface area contributed by atoms with E-state index in [0.29, 0.717) is 24.3 Å². The van der Waals surface area contributed by atoms with Crippen LogP contribution >= 0.6 is 0 Å². The van der Waals surface area contributed by atoms with E-state index >= 15 is 0 Å². The zero-order chi connectivity index (χ0) is 14.5. The minimum atomic E-state index is -1.03. The second-order valence-corrected chi connectivity index (χ2v) is 4.39. The summed E-state index contributed by atoms with van der Waals surface area (Å²) in [6, 6.07) is 4.38. The van der Waals surface area contributed by atoms with Crippen molar-refractivity contribution in [2.45, 2.75) is 32.3 Å². The average molecular weight is 268 g/mol. The Morgan fingerprint density at radius 1 is 1.26 bits per heavy atom. The van der Waals surface area contributed by atoms with Crippen molar-refractivity contribution in [1.29, 1.82) is 0 Å². The molecule has 1 aromatic rings. The lowest BCUT2D eigenvalue weighted by Crippen LogP contribution is -2.34. The molecule has 5 nitrogen and oxygen atoms in total. The standard InChI is InChI=1S/C14H20O5/c1-4-14(17,5-2)9-19-12-8-10(13(15)16)6-7-11(12)18-3/h6-8,17H,4-5,9H2,1-3H3,(H,15,16). The lowest BCUT2D eigenvalue weighted by atomic mass is 9.99. The van der Waals surface area contributed by atoms with Crippen LogP contribution in [0, 0.1) is 0 Å². The van der Waals surface area contributed by atoms with E-state index in [1.54, 1.807) is 0 Å². The second-order valence-electron chi connectivity index (χ2n) is 4.39. The predicted octanol–water partition coefficient (Wildman–Crippen LogP) is 2.32. The normalized spacial score (nSPS) is 11.2. The quantitative estimate of drug-likeness (QED) is 0.793. The highest BCUT2D eigenvalue weighted by Gasteiger charge is 2.24. The van der Waals surface area contributed by atoms with Crippen LogP contribution in [-0.2, 0) is 0 Å². The molecule has 1 rings (SSSR count). The van der Waals surface area contributed by atoms with Crippen molar-refractivity contribution in [1.82, 2.24) is 0 Å². The lowest BCUT2D eigenvalue weighted by Gasteiger charge is -2.25. The summed E-state index contributed by atoms with van der Waals surface area (Å²) in [6.45, 7) is 3.84. The van der Waals surface area contributed by atoms with Crippen molar-refractivity contribution in [2.24, 2.45) is 0 Å². The molecule has 0 atom stereocenters. The summed E-state index contributed by atoms with van der Waals surface area (Å²) in [4.78, 5) is 10.9. The van der Waals surface area contributed by atoms with E-state index in [1.165, 1.54) is 25.3 Å². The topological polar surface area (TPSA) is 76.0 Å². The van der Waals surface area contributed by atoms with Gasteiger partial charge in [-0.3, -0.25) is 0 Å². The first kappa shape index (κ1) is 15.3. The van der Waals surface area contributed by atoms with Gasteiger partial charge < -0.3 is 19.7 Å². The van der Waals surface area contributed by atoms with Crippen LogP contribution in [0.25, 0.3) is 0 Å². The van der Waals surface area contributed by atoms with E-state index in [1.807, 2.05) is 13.8 Å². The van der Waals surface area contributed by atoms with Gasteiger partial charge in [-0.25, -0.2) is 4.79 Å². The molecule has 0 aliphatic rings. The molecule has 0 saturated carbocycles. The van der Waals surface area contributed by atoms with Crippen molar-refractivity contribution in [3.8, 4) is 11.5 Å². The van der Waals surface area contributed by atoms with Crippen LogP contribution < -0.4 is 9.47 Å². The number of ether oxygens (including phenoxy) is 2. The molecule has 0 aliphatic carbocycles. The molecule has 106 valence electrons. The Kier molecular flexibility index (Phi) is 5.18. The number of benzene rings is 1. The van der Waals surface area contributed by atoms with Gasteiger partial charge in [0.2, 0.25) is 0 Å². The molecular formula is C14H20O5. The van der Waals surface area contributed by atoms with Crippen LogP contribution in [0.2, 0.25) is 0 Å². The molecule has 1 aromatic carbocycles. The number of rotatable bonds is 7. The molecule has 0 saturated heterocycles. The Morgan fingerprint density at radius 2 is 1.89 bits per heavy atom. The van der Waals surface area contributed by atoms with E-state index in [0.717, 1.165) is 0 Å². The summed E-state index contributed by atoms with van der Waals surface area (Å²) in [5.41, 5.74) is -0.795. The zero-order valence-corrected chi connectivity index (χ0v) is 11.5. The number of methoxy groups -OCH3 is 1. The molecule has 0 aliphatic heterocycles. The van der Waals surface area contributed by atoms with Gasteiger partial charge in [-0.15, -0.1) is 0 Å². The van der Waals surface area contributed by atoms with Crippen LogP contribution in [0.3, 0.4) is 0 Å². The van der Waals surface area contributed by atoms with E-state index < -0.39 is 11.6 Å². The van der Waals surface area contributed by atoms with Crippen LogP contribution in [0.5, 0.6) is 11.5 Å². The van der Waals surface area contributed by atoms with E-state index in [9.17, 15) is 9.90 Å². The van der Waals surface area contributed by atoms with Gasteiger partial charge in [0, 0.05) is 0 Å². The van der Waals surface area contributed by atoms with Crippen molar-refractivity contribution in [3.05, 3.63) is 23.8 Å². The molecule has 0 bridgehead atoms. The minimum absolute atomic E-state index is 0.0967. The highest BCUT2D eigenvalue weighted by atomic mass is 16.5. The molecule has 0 radical (unpaired) electrons. The monoisotopic (exact) mass is 268 g/mol. The van der Waals surface area contributed by atoms with Gasteiger partial charge >= 0.3 is 5.97 Å². The van der Waals surface area contributed by atoms with Gasteiger partial charge in [-0.2, -0.15) is 0 Å². The molecule has 0 unspecified atom stereocenters. The SMILES string of the molecule is CCC(O)(CC)COc1cc(C(=O)O)ccc1OC. The summed E-state index contributed by atoms with van der Waals surface area (Å²) in [5.74, 6) is -0.268. The molecule has 0 spiro atoms. The second kappa shape index (κ2) is 6.43. The van der Waals surface area contributed by atoms with Crippen LogP contribution in [0.15, 0.2) is 18.2 Å². The summed E-state index contributed by atoms with van der Waals surface area (Å²) in [7, 11) is 1.48. The molecular weight excluding hydrogens is 248 g/mol. The van der Waals surface area contributed by atoms with Crippen LogP contribution in [0.4, 0.5) is 0 Å². The van der Waals surface area contributed by atoms with Gasteiger partial charge in [0.15, 0.2) is 11.5 Å². The molecule has 0 fully saturated rings. The first-order valence-corrected chi connectivity index (χ1v) is 6.22. The average Bonchev–Trinajstić information content (AvgIpc) is 2.44. The third kappa shape index (κ3) is 3.86. The third-order valence-corrected chi connectivity index (χ3v) is 3.22. The maximum Gasteiger partial charge on any atom is 0.335 e. The fraction of sp³-hybridized carbons (Fsp3) is 0.500. The van der Waals surface area contributed by atoms with Crippen LogP contribution in [-0.4, -0.2) is 35.5 Å². The predicted molar refractivity (Wildman–Crippen MR) is 71.0 cm³/mol. The maximum absolute atomic E-state index is 10.9. The molecule has 5 heteroatoms. The summed E-state index contributed by atoms with van der Waals surface area (Å²) in [5, 5.41) is 19.1. The Bertz CT molecular complexity index is 437. The van der Waals surface area contributed by atoms with Crippen molar-refractivity contribution >= 4 is 5.97 Å². The van der Waals surface area contributed by atoms with Crippen molar-refractivity contribution in [2.75, 3.05) is 13.7 Å². The van der Waals surface area contributed by atoms with E-state index in [4.69, 9.17) is 14.6 Å². The number of carboxylic acid groups (broad SMARTS) is 1. The van der Waals surface area contributed by atoms with Crippen LogP contribution in [0.1, 0.15) is 37.0 Å². The van der Waals surface area contributed by atoms with Gasteiger partial charge in [0.05, 0.1) is 18.3 Å². The lowest BCUT2D eigenvalue weighted by molar-refractivity contribution is -0.0119. The van der Waals surface area contributed by atoms with E-state index in [-0.39, 0.29) is 12.2 Å². The Hall–Kier alpha value is -1.75. The molecule has 2 N–H and O–H groups in total. The zero-order valence-electron chi connectivity index (χ0n) is 11.5. The first-order chi connectivity index (χ1) is 8.95. The highest BCUT2D eigenvalue weighted by Crippen LogP contribution is 2.29. The number of aliphatic hydroxyl groups is 1. The molecule has 0 heterocycles. The Balaban J connectivity index is 2.92. The van der Waals surface area contributed by atoms with Crippen molar-refractivity contribution in [3.63, 3.8) is 0 Å². The van der Waals surface area contributed by atoms with Gasteiger partial charge in [0.1, 0.15) is 6.61 Å². The minimum Gasteiger partial charge on any atom is -0.493 e. The first-order valence-electron chi connectivity index (χ1n) is 6.22. The fourth-order valence-corrected chi connectivity index (χ4v) is 1.59. The Labute approximate surface area is 112 Å². The summed E-state index contributed by atoms with van der Waals surface area (Å²) in [6.07, 6.45) is 1.12.